The second-order valence-corrected chi connectivity index (χ2v) is 7.69. The molecule has 1 saturated carbocycles. The monoisotopic (exact) mass is 331 g/mol. The molecular weight excluding hydrogens is 302 g/mol. The first-order chi connectivity index (χ1) is 11.5. The number of benzene rings is 1. The summed E-state index contributed by atoms with van der Waals surface area (Å²) in [6.07, 6.45) is 3.14. The van der Waals surface area contributed by atoms with Crippen LogP contribution >= 0.6 is 0 Å². The van der Waals surface area contributed by atoms with E-state index in [2.05, 4.69) is 38.2 Å². The average Bonchev–Trinajstić information content (AvgIpc) is 2.54. The van der Waals surface area contributed by atoms with Crippen LogP contribution in [0.4, 0.5) is 4.79 Å². The fraction of sp³-hybridized carbons (Fsp3) is 0.650. The Bertz CT molecular complexity index is 572. The highest BCUT2D eigenvalue weighted by Crippen LogP contribution is 2.35. The van der Waals surface area contributed by atoms with Gasteiger partial charge >= 0.3 is 6.16 Å². The van der Waals surface area contributed by atoms with Crippen LogP contribution in [-0.2, 0) is 22.4 Å². The van der Waals surface area contributed by atoms with Crippen molar-refractivity contribution < 1.29 is 14.3 Å². The van der Waals surface area contributed by atoms with E-state index in [1.165, 1.54) is 17.5 Å². The summed E-state index contributed by atoms with van der Waals surface area (Å²) < 4.78 is 11.3. The number of hydrogen-bond donors (Lipinski definition) is 1. The molecule has 3 rings (SSSR count). The zero-order valence-corrected chi connectivity index (χ0v) is 15.0. The third-order valence-electron chi connectivity index (χ3n) is 5.49. The van der Waals surface area contributed by atoms with Crippen molar-refractivity contribution in [3.05, 3.63) is 35.4 Å². The predicted octanol–water partition coefficient (Wildman–Crippen LogP) is 4.27. The minimum Gasteiger partial charge on any atom is -0.431 e. The zero-order valence-electron chi connectivity index (χ0n) is 15.0. The van der Waals surface area contributed by atoms with E-state index in [1.54, 1.807) is 0 Å². The number of hydrogen-bond acceptors (Lipinski definition) is 4. The molecule has 24 heavy (non-hydrogen) atoms. The molecule has 1 aromatic rings. The van der Waals surface area contributed by atoms with E-state index < -0.39 is 6.16 Å². The number of rotatable bonds is 3. The molecule has 132 valence electrons. The highest BCUT2D eigenvalue weighted by molar-refractivity contribution is 5.60. The molecule has 4 unspecified atom stereocenters. The van der Waals surface area contributed by atoms with E-state index in [-0.39, 0.29) is 12.3 Å². The Morgan fingerprint density at radius 2 is 1.92 bits per heavy atom. The molecule has 1 aromatic carbocycles. The van der Waals surface area contributed by atoms with Gasteiger partial charge in [0, 0.05) is 13.0 Å². The van der Waals surface area contributed by atoms with Gasteiger partial charge < -0.3 is 9.47 Å². The quantitative estimate of drug-likeness (QED) is 0.840. The Hall–Kier alpha value is -1.55. The summed E-state index contributed by atoms with van der Waals surface area (Å²) in [5.74, 6) is 1.57. The third-order valence-corrected chi connectivity index (χ3v) is 5.49. The van der Waals surface area contributed by atoms with Gasteiger partial charge in [-0.25, -0.2) is 4.79 Å². The van der Waals surface area contributed by atoms with Crippen LogP contribution in [0.15, 0.2) is 24.3 Å². The normalized spacial score (nSPS) is 29.8. The molecule has 2 aliphatic rings. The largest absolute Gasteiger partial charge is 0.510 e. The number of ether oxygens (including phenoxy) is 2. The molecule has 0 aromatic heterocycles. The molecule has 4 atom stereocenters. The number of carbonyl (C=O) groups excluding carboxylic acids is 1. The van der Waals surface area contributed by atoms with Crippen molar-refractivity contribution in [3.8, 4) is 0 Å². The highest BCUT2D eigenvalue weighted by Gasteiger charge is 2.34. The molecule has 0 spiro atoms. The van der Waals surface area contributed by atoms with Crippen LogP contribution < -0.4 is 5.32 Å². The second-order valence-electron chi connectivity index (χ2n) is 7.69. The molecule has 1 aliphatic carbocycles. The van der Waals surface area contributed by atoms with Crippen LogP contribution in [-0.4, -0.2) is 18.5 Å². The fourth-order valence-electron chi connectivity index (χ4n) is 4.03. The lowest BCUT2D eigenvalue weighted by Gasteiger charge is -2.36. The van der Waals surface area contributed by atoms with Gasteiger partial charge in [0.25, 0.3) is 0 Å². The number of fused-ring (bicyclic) bond motifs is 1. The first kappa shape index (κ1) is 17.3. The Balaban J connectivity index is 1.55. The predicted molar refractivity (Wildman–Crippen MR) is 93.5 cm³/mol. The third kappa shape index (κ3) is 4.10. The zero-order chi connectivity index (χ0) is 17.1. The minimum absolute atomic E-state index is 0.0165. The van der Waals surface area contributed by atoms with Crippen LogP contribution in [0.5, 0.6) is 0 Å². The lowest BCUT2D eigenvalue weighted by Crippen LogP contribution is -2.41. The average molecular weight is 331 g/mol. The Morgan fingerprint density at radius 3 is 2.67 bits per heavy atom. The van der Waals surface area contributed by atoms with Crippen molar-refractivity contribution in [3.63, 3.8) is 0 Å². The summed E-state index contributed by atoms with van der Waals surface area (Å²) >= 11 is 0. The minimum atomic E-state index is -0.531. The molecular formula is C20H29NO3. The van der Waals surface area contributed by atoms with Gasteiger partial charge in [-0.3, -0.25) is 5.32 Å². The maximum absolute atomic E-state index is 12.3. The smallest absolute Gasteiger partial charge is 0.431 e. The molecule has 1 fully saturated rings. The summed E-state index contributed by atoms with van der Waals surface area (Å²) in [6, 6.07) is 8.26. The molecule has 1 aliphatic heterocycles. The topological polar surface area (TPSA) is 47.6 Å². The van der Waals surface area contributed by atoms with Crippen molar-refractivity contribution in [1.82, 2.24) is 5.32 Å². The second kappa shape index (κ2) is 7.56. The van der Waals surface area contributed by atoms with E-state index >= 15 is 0 Å². The van der Waals surface area contributed by atoms with E-state index in [1.807, 2.05) is 12.1 Å². The molecule has 4 heteroatoms. The Labute approximate surface area is 144 Å². The van der Waals surface area contributed by atoms with Gasteiger partial charge in [-0.15, -0.1) is 0 Å². The van der Waals surface area contributed by atoms with E-state index in [0.29, 0.717) is 24.2 Å². The van der Waals surface area contributed by atoms with Gasteiger partial charge in [-0.05, 0) is 41.7 Å². The SMILES string of the molecule is CC1CCC(C(C)C)C(OC(=O)OC2Cc3ccccc3CN2)C1. The maximum Gasteiger partial charge on any atom is 0.510 e. The van der Waals surface area contributed by atoms with Gasteiger partial charge in [0.05, 0.1) is 0 Å². The van der Waals surface area contributed by atoms with Gasteiger partial charge in [-0.1, -0.05) is 51.5 Å². The lowest BCUT2D eigenvalue weighted by molar-refractivity contribution is -0.0513. The summed E-state index contributed by atoms with van der Waals surface area (Å²) in [7, 11) is 0. The maximum atomic E-state index is 12.3. The molecule has 0 bridgehead atoms. The van der Waals surface area contributed by atoms with Crippen LogP contribution in [0.25, 0.3) is 0 Å². The first-order valence-electron chi connectivity index (χ1n) is 9.20. The van der Waals surface area contributed by atoms with E-state index in [9.17, 15) is 4.79 Å². The van der Waals surface area contributed by atoms with Crippen LogP contribution in [0.1, 0.15) is 51.2 Å². The molecule has 0 radical (unpaired) electrons. The molecule has 1 N–H and O–H groups in total. The van der Waals surface area contributed by atoms with Crippen LogP contribution in [0.3, 0.4) is 0 Å². The summed E-state index contributed by atoms with van der Waals surface area (Å²) in [4.78, 5) is 12.3. The summed E-state index contributed by atoms with van der Waals surface area (Å²) in [6.45, 7) is 7.38. The van der Waals surface area contributed by atoms with E-state index in [0.717, 1.165) is 19.4 Å². The van der Waals surface area contributed by atoms with Crippen molar-refractivity contribution in [2.45, 2.75) is 65.3 Å². The van der Waals surface area contributed by atoms with Crippen molar-refractivity contribution >= 4 is 6.16 Å². The van der Waals surface area contributed by atoms with Crippen LogP contribution in [0.2, 0.25) is 0 Å². The van der Waals surface area contributed by atoms with Crippen molar-refractivity contribution in [2.75, 3.05) is 0 Å². The van der Waals surface area contributed by atoms with Crippen LogP contribution in [0, 0.1) is 17.8 Å². The van der Waals surface area contributed by atoms with Gasteiger partial charge in [-0.2, -0.15) is 0 Å². The van der Waals surface area contributed by atoms with Crippen molar-refractivity contribution in [1.29, 1.82) is 0 Å². The fourth-order valence-corrected chi connectivity index (χ4v) is 4.03. The molecule has 0 saturated heterocycles. The molecule has 4 nitrogen and oxygen atoms in total. The Morgan fingerprint density at radius 1 is 1.17 bits per heavy atom. The van der Waals surface area contributed by atoms with E-state index in [4.69, 9.17) is 9.47 Å². The summed E-state index contributed by atoms with van der Waals surface area (Å²) in [5.41, 5.74) is 2.51. The first-order valence-corrected chi connectivity index (χ1v) is 9.20. The lowest BCUT2D eigenvalue weighted by atomic mass is 9.75. The number of nitrogens with one attached hydrogen (secondary N) is 1. The highest BCUT2D eigenvalue weighted by atomic mass is 16.7. The molecule has 0 amide bonds. The van der Waals surface area contributed by atoms with Gasteiger partial charge in [0.15, 0.2) is 6.23 Å². The number of carbonyl (C=O) groups is 1. The van der Waals surface area contributed by atoms with Gasteiger partial charge in [0.2, 0.25) is 0 Å². The molecule has 1 heterocycles. The van der Waals surface area contributed by atoms with Gasteiger partial charge in [0.1, 0.15) is 6.10 Å². The standard InChI is InChI=1S/C20H29NO3/c1-13(2)17-9-8-14(3)10-18(17)23-20(22)24-19-11-15-6-4-5-7-16(15)12-21-19/h4-7,13-14,17-19,21H,8-12H2,1-3H3. The Kier molecular flexibility index (Phi) is 5.44. The summed E-state index contributed by atoms with van der Waals surface area (Å²) in [5, 5.41) is 3.26. The van der Waals surface area contributed by atoms with Crippen molar-refractivity contribution in [2.24, 2.45) is 17.8 Å².